The Bertz CT molecular complexity index is 976. The van der Waals surface area contributed by atoms with Gasteiger partial charge in [0.1, 0.15) is 0 Å². The van der Waals surface area contributed by atoms with E-state index in [1.165, 1.54) is 62.3 Å². The zero-order chi connectivity index (χ0) is 21.8. The molecule has 0 saturated carbocycles. The smallest absolute Gasteiger partial charge is 0.0234 e. The first-order valence-electron chi connectivity index (χ1n) is 12.4. The molecule has 0 aliphatic carbocycles. The van der Waals surface area contributed by atoms with Crippen LogP contribution in [0.3, 0.4) is 0 Å². The summed E-state index contributed by atoms with van der Waals surface area (Å²) in [5, 5.41) is 0. The van der Waals surface area contributed by atoms with Gasteiger partial charge in [-0.15, -0.1) is 0 Å². The summed E-state index contributed by atoms with van der Waals surface area (Å²) in [6.07, 6.45) is 2.59. The minimum absolute atomic E-state index is 0.633. The molecule has 32 heavy (non-hydrogen) atoms. The Morgan fingerprint density at radius 2 is 1.38 bits per heavy atom. The number of benzene rings is 3. The molecule has 3 aromatic carbocycles. The van der Waals surface area contributed by atoms with Gasteiger partial charge < -0.3 is 4.90 Å². The van der Waals surface area contributed by atoms with Crippen LogP contribution in [0.2, 0.25) is 0 Å². The molecular weight excluding hydrogens is 388 g/mol. The Labute approximate surface area is 193 Å². The summed E-state index contributed by atoms with van der Waals surface area (Å²) in [7, 11) is 0. The molecule has 2 fully saturated rings. The predicted octanol–water partition coefficient (Wildman–Crippen LogP) is 6.09. The molecule has 0 amide bonds. The van der Waals surface area contributed by atoms with Gasteiger partial charge in [-0.3, -0.25) is 4.90 Å². The highest BCUT2D eigenvalue weighted by atomic mass is 15.2. The number of piperidine rings is 1. The van der Waals surface area contributed by atoms with Crippen molar-refractivity contribution in [1.29, 1.82) is 0 Å². The molecule has 2 aliphatic heterocycles. The molecule has 2 unspecified atom stereocenters. The van der Waals surface area contributed by atoms with Gasteiger partial charge in [-0.25, -0.2) is 0 Å². The van der Waals surface area contributed by atoms with Crippen molar-refractivity contribution in [2.45, 2.75) is 38.1 Å². The first-order chi connectivity index (χ1) is 15.8. The molecule has 0 spiro atoms. The maximum absolute atomic E-state index is 2.75. The predicted molar refractivity (Wildman–Crippen MR) is 134 cm³/mol. The lowest BCUT2D eigenvalue weighted by Gasteiger charge is -2.35. The lowest BCUT2D eigenvalue weighted by Crippen LogP contribution is -2.38. The summed E-state index contributed by atoms with van der Waals surface area (Å²) in [6, 6.07) is 31.2. The Hall–Kier alpha value is -2.42. The van der Waals surface area contributed by atoms with Gasteiger partial charge in [0.05, 0.1) is 0 Å². The van der Waals surface area contributed by atoms with E-state index in [2.05, 4.69) is 102 Å². The first kappa shape index (κ1) is 21.4. The Kier molecular flexibility index (Phi) is 6.71. The summed E-state index contributed by atoms with van der Waals surface area (Å²) in [5.74, 6) is 2.07. The van der Waals surface area contributed by atoms with Crippen LogP contribution in [0.25, 0.3) is 0 Å². The SMILES string of the molecule is Cc1ccccc1C1CCN(CC2CN(Cc3ccccc3)CC2c2ccccc2)CC1. The van der Waals surface area contributed by atoms with Crippen molar-refractivity contribution in [1.82, 2.24) is 9.80 Å². The molecule has 2 nitrogen and oxygen atoms in total. The van der Waals surface area contributed by atoms with E-state index in [4.69, 9.17) is 0 Å². The van der Waals surface area contributed by atoms with E-state index in [9.17, 15) is 0 Å². The molecule has 2 heteroatoms. The summed E-state index contributed by atoms with van der Waals surface area (Å²) in [4.78, 5) is 5.43. The number of aryl methyl sites for hydroxylation is 1. The van der Waals surface area contributed by atoms with Gasteiger partial charge in [0.2, 0.25) is 0 Å². The van der Waals surface area contributed by atoms with Gasteiger partial charge >= 0.3 is 0 Å². The minimum Gasteiger partial charge on any atom is -0.303 e. The number of nitrogens with zero attached hydrogens (tertiary/aromatic N) is 2. The quantitative estimate of drug-likeness (QED) is 0.472. The Morgan fingerprint density at radius 1 is 0.719 bits per heavy atom. The molecule has 0 aromatic heterocycles. The topological polar surface area (TPSA) is 6.48 Å². The van der Waals surface area contributed by atoms with Gasteiger partial charge in [-0.1, -0.05) is 84.9 Å². The monoisotopic (exact) mass is 424 g/mol. The summed E-state index contributed by atoms with van der Waals surface area (Å²) < 4.78 is 0. The van der Waals surface area contributed by atoms with E-state index in [0.717, 1.165) is 12.5 Å². The molecular formula is C30H36N2. The van der Waals surface area contributed by atoms with Crippen LogP contribution in [0, 0.1) is 12.8 Å². The van der Waals surface area contributed by atoms with E-state index in [-0.39, 0.29) is 0 Å². The van der Waals surface area contributed by atoms with Crippen molar-refractivity contribution in [2.75, 3.05) is 32.7 Å². The average Bonchev–Trinajstić information content (AvgIpc) is 3.23. The van der Waals surface area contributed by atoms with Crippen molar-refractivity contribution >= 4 is 0 Å². The molecule has 0 bridgehead atoms. The highest BCUT2D eigenvalue weighted by Gasteiger charge is 2.35. The highest BCUT2D eigenvalue weighted by molar-refractivity contribution is 5.29. The van der Waals surface area contributed by atoms with E-state index in [1.54, 1.807) is 5.56 Å². The van der Waals surface area contributed by atoms with Gasteiger partial charge in [-0.2, -0.15) is 0 Å². The number of rotatable bonds is 6. The van der Waals surface area contributed by atoms with Crippen molar-refractivity contribution in [3.63, 3.8) is 0 Å². The highest BCUT2D eigenvalue weighted by Crippen LogP contribution is 2.36. The molecule has 2 heterocycles. The molecule has 2 aliphatic rings. The second kappa shape index (κ2) is 10.0. The van der Waals surface area contributed by atoms with Crippen molar-refractivity contribution in [3.05, 3.63) is 107 Å². The number of hydrogen-bond acceptors (Lipinski definition) is 2. The van der Waals surface area contributed by atoms with Gasteiger partial charge in [0.25, 0.3) is 0 Å². The molecule has 166 valence electrons. The van der Waals surface area contributed by atoms with Crippen LogP contribution >= 0.6 is 0 Å². The first-order valence-corrected chi connectivity index (χ1v) is 12.4. The van der Waals surface area contributed by atoms with Crippen LogP contribution < -0.4 is 0 Å². The van der Waals surface area contributed by atoms with Gasteiger partial charge in [-0.05, 0) is 66.9 Å². The van der Waals surface area contributed by atoms with E-state index in [0.29, 0.717) is 11.8 Å². The zero-order valence-corrected chi connectivity index (χ0v) is 19.4. The van der Waals surface area contributed by atoms with Crippen LogP contribution in [0.4, 0.5) is 0 Å². The van der Waals surface area contributed by atoms with Crippen LogP contribution in [-0.4, -0.2) is 42.5 Å². The van der Waals surface area contributed by atoms with Crippen LogP contribution in [0.5, 0.6) is 0 Å². The van der Waals surface area contributed by atoms with Crippen LogP contribution in [0.1, 0.15) is 46.9 Å². The Balaban J connectivity index is 1.24. The van der Waals surface area contributed by atoms with Crippen molar-refractivity contribution in [3.8, 4) is 0 Å². The molecule has 0 radical (unpaired) electrons. The number of likely N-dealkylation sites (tertiary alicyclic amines) is 2. The molecule has 0 N–H and O–H groups in total. The molecule has 3 aromatic rings. The maximum Gasteiger partial charge on any atom is 0.0234 e. The Morgan fingerprint density at radius 3 is 2.09 bits per heavy atom. The normalized spacial score (nSPS) is 22.9. The lowest BCUT2D eigenvalue weighted by molar-refractivity contribution is 0.177. The van der Waals surface area contributed by atoms with E-state index in [1.807, 2.05) is 0 Å². The second-order valence-electron chi connectivity index (χ2n) is 9.89. The third-order valence-corrected chi connectivity index (χ3v) is 7.70. The average molecular weight is 425 g/mol. The largest absolute Gasteiger partial charge is 0.303 e. The fourth-order valence-electron chi connectivity index (χ4n) is 6.00. The van der Waals surface area contributed by atoms with Gasteiger partial charge in [0, 0.05) is 32.1 Å². The summed E-state index contributed by atoms with van der Waals surface area (Å²) in [6.45, 7) is 9.40. The standard InChI is InChI=1S/C30H36N2/c1-24-10-8-9-15-29(24)27-16-18-31(19-17-27)21-28-22-32(20-25-11-4-2-5-12-25)23-30(28)26-13-6-3-7-14-26/h2-15,27-28,30H,16-23H2,1H3. The maximum atomic E-state index is 2.75. The van der Waals surface area contributed by atoms with Crippen LogP contribution in [-0.2, 0) is 6.54 Å². The molecule has 2 atom stereocenters. The third kappa shape index (κ3) is 4.98. The molecule has 5 rings (SSSR count). The zero-order valence-electron chi connectivity index (χ0n) is 19.4. The fourth-order valence-corrected chi connectivity index (χ4v) is 6.00. The van der Waals surface area contributed by atoms with E-state index >= 15 is 0 Å². The van der Waals surface area contributed by atoms with E-state index < -0.39 is 0 Å². The second-order valence-corrected chi connectivity index (χ2v) is 9.89. The summed E-state index contributed by atoms with van der Waals surface area (Å²) in [5.41, 5.74) is 5.98. The number of hydrogen-bond donors (Lipinski definition) is 0. The third-order valence-electron chi connectivity index (χ3n) is 7.70. The lowest BCUT2D eigenvalue weighted by atomic mass is 9.85. The summed E-state index contributed by atoms with van der Waals surface area (Å²) >= 11 is 0. The van der Waals surface area contributed by atoms with Crippen LogP contribution in [0.15, 0.2) is 84.9 Å². The minimum atomic E-state index is 0.633. The fraction of sp³-hybridized carbons (Fsp3) is 0.400. The van der Waals surface area contributed by atoms with Crippen molar-refractivity contribution in [2.24, 2.45) is 5.92 Å². The van der Waals surface area contributed by atoms with Crippen molar-refractivity contribution < 1.29 is 0 Å². The molecule has 2 saturated heterocycles. The van der Waals surface area contributed by atoms with Gasteiger partial charge in [0.15, 0.2) is 0 Å².